The second-order valence-corrected chi connectivity index (χ2v) is 4.98. The summed E-state index contributed by atoms with van der Waals surface area (Å²) in [6.07, 6.45) is 6.44. The van der Waals surface area contributed by atoms with Crippen molar-refractivity contribution in [1.29, 1.82) is 0 Å². The van der Waals surface area contributed by atoms with E-state index in [1.807, 2.05) is 26.8 Å². The first-order chi connectivity index (χ1) is 7.44. The number of piperidine rings is 1. The normalized spacial score (nSPS) is 19.7. The first kappa shape index (κ1) is 12.8. The van der Waals surface area contributed by atoms with Gasteiger partial charge in [-0.25, -0.2) is 4.79 Å². The molecule has 0 aliphatic carbocycles. The number of ether oxygens (including phenoxy) is 1. The van der Waals surface area contributed by atoms with E-state index in [1.165, 1.54) is 0 Å². The van der Waals surface area contributed by atoms with Crippen molar-refractivity contribution in [3.8, 4) is 0 Å². The first-order valence-corrected chi connectivity index (χ1v) is 5.76. The lowest BCUT2D eigenvalue weighted by Gasteiger charge is -2.31. The lowest BCUT2D eigenvalue weighted by molar-refractivity contribution is 0.0286. The van der Waals surface area contributed by atoms with Gasteiger partial charge in [0.15, 0.2) is 0 Å². The van der Waals surface area contributed by atoms with Gasteiger partial charge in [-0.3, -0.25) is 4.90 Å². The average molecular weight is 223 g/mol. The van der Waals surface area contributed by atoms with E-state index in [4.69, 9.17) is 4.74 Å². The molecular weight excluding hydrogens is 202 g/mol. The van der Waals surface area contributed by atoms with Gasteiger partial charge in [0.1, 0.15) is 5.60 Å². The lowest BCUT2D eigenvalue weighted by atomic mass is 10.1. The van der Waals surface area contributed by atoms with Crippen LogP contribution in [-0.2, 0) is 4.74 Å². The van der Waals surface area contributed by atoms with Crippen LogP contribution < -0.4 is 0 Å². The summed E-state index contributed by atoms with van der Waals surface area (Å²) in [5.41, 5.74) is 0.573. The molecule has 0 saturated carbocycles. The quantitative estimate of drug-likeness (QED) is 0.681. The molecule has 1 fully saturated rings. The van der Waals surface area contributed by atoms with Crippen LogP contribution in [0.3, 0.4) is 0 Å². The van der Waals surface area contributed by atoms with Crippen molar-refractivity contribution in [2.75, 3.05) is 6.54 Å². The number of likely N-dealkylation sites (tertiary alicyclic amines) is 1. The molecule has 1 heterocycles. The Hall–Kier alpha value is -1.25. The second-order valence-electron chi connectivity index (χ2n) is 4.98. The fraction of sp³-hybridized carbons (Fsp3) is 0.615. The highest BCUT2D eigenvalue weighted by Gasteiger charge is 2.26. The summed E-state index contributed by atoms with van der Waals surface area (Å²) in [7, 11) is 0. The Morgan fingerprint density at radius 2 is 2.12 bits per heavy atom. The molecule has 1 saturated heterocycles. The predicted octanol–water partition coefficient (Wildman–Crippen LogP) is 3.48. The third-order valence-corrected chi connectivity index (χ3v) is 2.34. The summed E-state index contributed by atoms with van der Waals surface area (Å²) in [5.74, 6) is 0. The van der Waals surface area contributed by atoms with Crippen LogP contribution in [0, 0.1) is 0 Å². The van der Waals surface area contributed by atoms with E-state index in [9.17, 15) is 4.79 Å². The standard InChI is InChI=1S/C13H21NO2/c1-5-8-11-9-6-7-10-14(11)12(15)16-13(2,3)4/h5,8H,1,6-7,9-10H2,2-4H3/b11-8-. The van der Waals surface area contributed by atoms with Crippen molar-refractivity contribution in [1.82, 2.24) is 4.90 Å². The molecule has 16 heavy (non-hydrogen) atoms. The highest BCUT2D eigenvalue weighted by molar-refractivity contribution is 5.70. The highest BCUT2D eigenvalue weighted by Crippen LogP contribution is 2.23. The van der Waals surface area contributed by atoms with Gasteiger partial charge in [-0.2, -0.15) is 0 Å². The minimum atomic E-state index is -0.437. The van der Waals surface area contributed by atoms with E-state index in [-0.39, 0.29) is 6.09 Å². The molecular formula is C13H21NO2. The van der Waals surface area contributed by atoms with Gasteiger partial charge in [0.25, 0.3) is 0 Å². The van der Waals surface area contributed by atoms with Crippen LogP contribution in [0.4, 0.5) is 4.79 Å². The number of amides is 1. The summed E-state index contributed by atoms with van der Waals surface area (Å²) >= 11 is 0. The Kier molecular flexibility index (Phi) is 4.16. The van der Waals surface area contributed by atoms with Gasteiger partial charge < -0.3 is 4.74 Å². The molecule has 0 bridgehead atoms. The van der Waals surface area contributed by atoms with Crippen LogP contribution in [0.25, 0.3) is 0 Å². The number of allylic oxidation sites excluding steroid dienone is 3. The molecule has 0 N–H and O–H groups in total. The summed E-state index contributed by atoms with van der Waals surface area (Å²) < 4.78 is 5.37. The fourth-order valence-electron chi connectivity index (χ4n) is 1.69. The molecule has 0 aromatic heterocycles. The molecule has 1 amide bonds. The number of nitrogens with zero attached hydrogens (tertiary/aromatic N) is 1. The SMILES string of the molecule is C=C/C=C1/CCCCN1C(=O)OC(C)(C)C. The summed E-state index contributed by atoms with van der Waals surface area (Å²) in [6, 6.07) is 0. The van der Waals surface area contributed by atoms with Crippen LogP contribution in [0.1, 0.15) is 40.0 Å². The van der Waals surface area contributed by atoms with Gasteiger partial charge in [0.2, 0.25) is 0 Å². The smallest absolute Gasteiger partial charge is 0.414 e. The van der Waals surface area contributed by atoms with Crippen LogP contribution >= 0.6 is 0 Å². The predicted molar refractivity (Wildman–Crippen MR) is 65.1 cm³/mol. The molecule has 0 aromatic carbocycles. The minimum Gasteiger partial charge on any atom is -0.443 e. The number of hydrogen-bond donors (Lipinski definition) is 0. The van der Waals surface area contributed by atoms with Gasteiger partial charge >= 0.3 is 6.09 Å². The molecule has 1 aliphatic heterocycles. The zero-order valence-electron chi connectivity index (χ0n) is 10.5. The lowest BCUT2D eigenvalue weighted by Crippen LogP contribution is -2.38. The molecule has 3 nitrogen and oxygen atoms in total. The summed E-state index contributed by atoms with van der Waals surface area (Å²) in [4.78, 5) is 13.6. The third-order valence-electron chi connectivity index (χ3n) is 2.34. The Bertz CT molecular complexity index is 300. The molecule has 0 radical (unpaired) electrons. The van der Waals surface area contributed by atoms with Crippen molar-refractivity contribution in [3.63, 3.8) is 0 Å². The van der Waals surface area contributed by atoms with Gasteiger partial charge in [-0.05, 0) is 46.1 Å². The molecule has 0 unspecified atom stereocenters. The van der Waals surface area contributed by atoms with E-state index in [0.717, 1.165) is 31.5 Å². The molecule has 3 heteroatoms. The maximum absolute atomic E-state index is 11.9. The van der Waals surface area contributed by atoms with Crippen LogP contribution in [0.5, 0.6) is 0 Å². The molecule has 1 rings (SSSR count). The average Bonchev–Trinajstić information content (AvgIpc) is 2.16. The van der Waals surface area contributed by atoms with Gasteiger partial charge in [-0.1, -0.05) is 12.7 Å². The first-order valence-electron chi connectivity index (χ1n) is 5.76. The Balaban J connectivity index is 2.72. The topological polar surface area (TPSA) is 29.5 Å². The highest BCUT2D eigenvalue weighted by atomic mass is 16.6. The van der Waals surface area contributed by atoms with Gasteiger partial charge in [0, 0.05) is 12.2 Å². The third kappa shape index (κ3) is 3.72. The van der Waals surface area contributed by atoms with E-state index < -0.39 is 5.60 Å². The van der Waals surface area contributed by atoms with Gasteiger partial charge in [0.05, 0.1) is 0 Å². The van der Waals surface area contributed by atoms with Crippen LogP contribution in [-0.4, -0.2) is 23.1 Å². The molecule has 0 aromatic rings. The van der Waals surface area contributed by atoms with Crippen molar-refractivity contribution < 1.29 is 9.53 Å². The van der Waals surface area contributed by atoms with Gasteiger partial charge in [-0.15, -0.1) is 0 Å². The van der Waals surface area contributed by atoms with Crippen molar-refractivity contribution in [2.45, 2.75) is 45.6 Å². The van der Waals surface area contributed by atoms with E-state index in [2.05, 4.69) is 6.58 Å². The second kappa shape index (κ2) is 5.19. The maximum Gasteiger partial charge on any atom is 0.414 e. The van der Waals surface area contributed by atoms with Crippen LogP contribution in [0.2, 0.25) is 0 Å². The van der Waals surface area contributed by atoms with E-state index in [0.29, 0.717) is 0 Å². The van der Waals surface area contributed by atoms with Crippen molar-refractivity contribution >= 4 is 6.09 Å². The monoisotopic (exact) mass is 223 g/mol. The number of hydrogen-bond acceptors (Lipinski definition) is 2. The molecule has 1 aliphatic rings. The molecule has 0 spiro atoms. The van der Waals surface area contributed by atoms with E-state index in [1.54, 1.807) is 11.0 Å². The van der Waals surface area contributed by atoms with E-state index >= 15 is 0 Å². The number of carbonyl (C=O) groups excluding carboxylic acids is 1. The summed E-state index contributed by atoms with van der Waals surface area (Å²) in [6.45, 7) is 10.1. The Labute approximate surface area is 97.8 Å². The van der Waals surface area contributed by atoms with Crippen molar-refractivity contribution in [3.05, 3.63) is 24.4 Å². The zero-order valence-corrected chi connectivity index (χ0v) is 10.5. The summed E-state index contributed by atoms with van der Waals surface area (Å²) in [5, 5.41) is 0. The number of rotatable bonds is 1. The molecule has 90 valence electrons. The Morgan fingerprint density at radius 1 is 1.44 bits per heavy atom. The maximum atomic E-state index is 11.9. The van der Waals surface area contributed by atoms with Crippen LogP contribution in [0.15, 0.2) is 24.4 Å². The Morgan fingerprint density at radius 3 is 2.69 bits per heavy atom. The number of carbonyl (C=O) groups is 1. The van der Waals surface area contributed by atoms with Crippen molar-refractivity contribution in [2.24, 2.45) is 0 Å². The molecule has 0 atom stereocenters. The minimum absolute atomic E-state index is 0.250. The largest absolute Gasteiger partial charge is 0.443 e. The fourth-order valence-corrected chi connectivity index (χ4v) is 1.69. The zero-order chi connectivity index (χ0) is 12.2.